The van der Waals surface area contributed by atoms with Crippen LogP contribution in [-0.2, 0) is 0 Å². The molecular formula is C21H22N4O5. The van der Waals surface area contributed by atoms with Crippen LogP contribution in [0.3, 0.4) is 0 Å². The zero-order valence-electron chi connectivity index (χ0n) is 17.0. The molecule has 2 aromatic heterocycles. The predicted molar refractivity (Wildman–Crippen MR) is 107 cm³/mol. The first-order chi connectivity index (χ1) is 14.6. The summed E-state index contributed by atoms with van der Waals surface area (Å²) in [6, 6.07) is 10.4. The molecular weight excluding hydrogens is 388 g/mol. The minimum atomic E-state index is -0.302. The van der Waals surface area contributed by atoms with Crippen LogP contribution in [0.2, 0.25) is 0 Å². The Bertz CT molecular complexity index is 1030. The lowest BCUT2D eigenvalue weighted by molar-refractivity contribution is 0.0705. The van der Waals surface area contributed by atoms with Crippen LogP contribution >= 0.6 is 0 Å². The molecule has 0 N–H and O–H groups in total. The number of hydrogen-bond donors (Lipinski definition) is 0. The molecule has 0 bridgehead atoms. The molecule has 3 aromatic rings. The summed E-state index contributed by atoms with van der Waals surface area (Å²) in [6.07, 6.45) is 1.57. The smallest absolute Gasteiger partial charge is 0.260 e. The molecule has 9 heteroatoms. The summed E-state index contributed by atoms with van der Waals surface area (Å²) < 4.78 is 21.1. The van der Waals surface area contributed by atoms with Crippen LogP contribution in [-0.4, -0.2) is 53.8 Å². The lowest BCUT2D eigenvalue weighted by Gasteiger charge is -2.22. The Hall–Kier alpha value is -3.62. The number of aromatic nitrogens is 3. The van der Waals surface area contributed by atoms with Gasteiger partial charge in [0.15, 0.2) is 0 Å². The molecule has 1 aromatic carbocycles. The van der Waals surface area contributed by atoms with Gasteiger partial charge in [0.2, 0.25) is 23.5 Å². The topological polar surface area (TPSA) is 99.8 Å². The van der Waals surface area contributed by atoms with Crippen molar-refractivity contribution in [3.63, 3.8) is 0 Å². The molecule has 3 heterocycles. The number of nitrogens with zero attached hydrogens (tertiary/aromatic N) is 4. The van der Waals surface area contributed by atoms with Crippen molar-refractivity contribution in [2.45, 2.75) is 18.9 Å². The average Bonchev–Trinajstić information content (AvgIpc) is 3.48. The molecule has 9 nitrogen and oxygen atoms in total. The highest BCUT2D eigenvalue weighted by Gasteiger charge is 2.36. The third kappa shape index (κ3) is 3.66. The normalized spacial score (nSPS) is 15.8. The maximum absolute atomic E-state index is 13.2. The molecule has 0 aliphatic carbocycles. The quantitative estimate of drug-likeness (QED) is 0.611. The van der Waals surface area contributed by atoms with E-state index in [1.807, 2.05) is 24.3 Å². The molecule has 1 atom stereocenters. The molecule has 0 saturated carbocycles. The fourth-order valence-corrected chi connectivity index (χ4v) is 3.50. The maximum Gasteiger partial charge on any atom is 0.260 e. The SMILES string of the molecule is COc1ccc(-c2noc(C3CCCN3C(=O)c3ccc(OC)nc3OC)n2)cc1. The Balaban J connectivity index is 1.58. The monoisotopic (exact) mass is 410 g/mol. The van der Waals surface area contributed by atoms with Crippen LogP contribution in [0.15, 0.2) is 40.9 Å². The van der Waals surface area contributed by atoms with Crippen LogP contribution < -0.4 is 14.2 Å². The molecule has 1 aliphatic rings. The van der Waals surface area contributed by atoms with Gasteiger partial charge in [0.05, 0.1) is 21.3 Å². The van der Waals surface area contributed by atoms with Crippen molar-refractivity contribution in [1.29, 1.82) is 0 Å². The molecule has 1 amide bonds. The Morgan fingerprint density at radius 2 is 1.83 bits per heavy atom. The summed E-state index contributed by atoms with van der Waals surface area (Å²) >= 11 is 0. The van der Waals surface area contributed by atoms with Crippen LogP contribution in [0.4, 0.5) is 0 Å². The lowest BCUT2D eigenvalue weighted by atomic mass is 10.2. The second kappa shape index (κ2) is 8.40. The first-order valence-corrected chi connectivity index (χ1v) is 9.52. The number of likely N-dealkylation sites (tertiary alicyclic amines) is 1. The zero-order valence-corrected chi connectivity index (χ0v) is 17.0. The van der Waals surface area contributed by atoms with Crippen LogP contribution in [0.1, 0.15) is 35.1 Å². The van der Waals surface area contributed by atoms with Gasteiger partial charge in [-0.3, -0.25) is 4.79 Å². The number of carbonyl (C=O) groups is 1. The van der Waals surface area contributed by atoms with Gasteiger partial charge in [0, 0.05) is 18.2 Å². The van der Waals surface area contributed by atoms with E-state index in [0.29, 0.717) is 29.7 Å². The van der Waals surface area contributed by atoms with Gasteiger partial charge in [-0.05, 0) is 43.2 Å². The first-order valence-electron chi connectivity index (χ1n) is 9.52. The zero-order chi connectivity index (χ0) is 21.1. The van der Waals surface area contributed by atoms with Crippen LogP contribution in [0.5, 0.6) is 17.5 Å². The summed E-state index contributed by atoms with van der Waals surface area (Å²) in [5.41, 5.74) is 1.17. The van der Waals surface area contributed by atoms with Crippen molar-refractivity contribution in [2.75, 3.05) is 27.9 Å². The Labute approximate surface area is 173 Å². The summed E-state index contributed by atoms with van der Waals surface area (Å²) in [7, 11) is 4.59. The number of ether oxygens (including phenoxy) is 3. The summed E-state index contributed by atoms with van der Waals surface area (Å²) in [5.74, 6) is 2.02. The third-order valence-electron chi connectivity index (χ3n) is 5.06. The molecule has 1 fully saturated rings. The molecule has 1 aliphatic heterocycles. The Kier molecular flexibility index (Phi) is 5.51. The highest BCUT2D eigenvalue weighted by molar-refractivity contribution is 5.96. The van der Waals surface area contributed by atoms with Crippen molar-refractivity contribution in [2.24, 2.45) is 0 Å². The Morgan fingerprint density at radius 1 is 1.03 bits per heavy atom. The highest BCUT2D eigenvalue weighted by atomic mass is 16.5. The number of methoxy groups -OCH3 is 3. The van der Waals surface area contributed by atoms with Gasteiger partial charge >= 0.3 is 0 Å². The van der Waals surface area contributed by atoms with E-state index in [1.165, 1.54) is 14.2 Å². The number of carbonyl (C=O) groups excluding carboxylic acids is 1. The second-order valence-corrected chi connectivity index (χ2v) is 6.75. The standard InChI is InChI=1S/C21H22N4O5/c1-27-14-8-6-13(7-9-14)18-23-20(30-24-18)16-5-4-12-25(16)21(26)15-10-11-17(28-2)22-19(15)29-3/h6-11,16H,4-5,12H2,1-3H3. The number of benzene rings is 1. The second-order valence-electron chi connectivity index (χ2n) is 6.75. The van der Waals surface area contributed by atoms with Crippen LogP contribution in [0, 0.1) is 0 Å². The molecule has 1 unspecified atom stereocenters. The average molecular weight is 410 g/mol. The summed E-state index contributed by atoms with van der Waals surface area (Å²) in [4.78, 5) is 23.7. The van der Waals surface area contributed by atoms with E-state index in [9.17, 15) is 4.79 Å². The molecule has 0 spiro atoms. The van der Waals surface area contributed by atoms with Crippen molar-refractivity contribution < 1.29 is 23.5 Å². The van der Waals surface area contributed by atoms with E-state index in [-0.39, 0.29) is 17.8 Å². The highest BCUT2D eigenvalue weighted by Crippen LogP contribution is 2.34. The molecule has 156 valence electrons. The van der Waals surface area contributed by atoms with E-state index in [2.05, 4.69) is 15.1 Å². The van der Waals surface area contributed by atoms with Crippen molar-refractivity contribution in [3.8, 4) is 28.9 Å². The van der Waals surface area contributed by atoms with Crippen molar-refractivity contribution in [1.82, 2.24) is 20.0 Å². The number of amides is 1. The minimum absolute atomic E-state index is 0.200. The largest absolute Gasteiger partial charge is 0.497 e. The van der Waals surface area contributed by atoms with Crippen LogP contribution in [0.25, 0.3) is 11.4 Å². The van der Waals surface area contributed by atoms with E-state index in [0.717, 1.165) is 24.2 Å². The predicted octanol–water partition coefficient (Wildman–Crippen LogP) is 3.13. The van der Waals surface area contributed by atoms with E-state index < -0.39 is 0 Å². The first kappa shape index (κ1) is 19.7. The lowest BCUT2D eigenvalue weighted by Crippen LogP contribution is -2.31. The fourth-order valence-electron chi connectivity index (χ4n) is 3.50. The van der Waals surface area contributed by atoms with Gasteiger partial charge in [0.25, 0.3) is 5.91 Å². The third-order valence-corrected chi connectivity index (χ3v) is 5.06. The van der Waals surface area contributed by atoms with Gasteiger partial charge in [-0.1, -0.05) is 5.16 Å². The number of hydrogen-bond acceptors (Lipinski definition) is 8. The molecule has 0 radical (unpaired) electrons. The van der Waals surface area contributed by atoms with E-state index in [1.54, 1.807) is 24.1 Å². The van der Waals surface area contributed by atoms with Gasteiger partial charge in [-0.15, -0.1) is 0 Å². The molecule has 4 rings (SSSR count). The van der Waals surface area contributed by atoms with Gasteiger partial charge in [-0.2, -0.15) is 9.97 Å². The maximum atomic E-state index is 13.2. The van der Waals surface area contributed by atoms with E-state index >= 15 is 0 Å². The summed E-state index contributed by atoms with van der Waals surface area (Å²) in [5, 5.41) is 4.09. The summed E-state index contributed by atoms with van der Waals surface area (Å²) in [6.45, 7) is 0.582. The Morgan fingerprint density at radius 3 is 2.53 bits per heavy atom. The molecule has 1 saturated heterocycles. The number of pyridine rings is 1. The van der Waals surface area contributed by atoms with Gasteiger partial charge in [-0.25, -0.2) is 0 Å². The fraction of sp³-hybridized carbons (Fsp3) is 0.333. The van der Waals surface area contributed by atoms with Crippen molar-refractivity contribution in [3.05, 3.63) is 47.9 Å². The molecule has 30 heavy (non-hydrogen) atoms. The van der Waals surface area contributed by atoms with Gasteiger partial charge in [0.1, 0.15) is 17.4 Å². The van der Waals surface area contributed by atoms with Crippen molar-refractivity contribution >= 4 is 5.91 Å². The van der Waals surface area contributed by atoms with Gasteiger partial charge < -0.3 is 23.6 Å². The minimum Gasteiger partial charge on any atom is -0.497 e. The number of rotatable bonds is 6. The van der Waals surface area contributed by atoms with E-state index in [4.69, 9.17) is 18.7 Å².